The van der Waals surface area contributed by atoms with Crippen molar-refractivity contribution < 1.29 is 19.1 Å². The molecule has 2 aliphatic rings. The van der Waals surface area contributed by atoms with E-state index in [-0.39, 0.29) is 18.5 Å². The van der Waals surface area contributed by atoms with Crippen molar-refractivity contribution in [2.24, 2.45) is 0 Å². The van der Waals surface area contributed by atoms with Gasteiger partial charge in [-0.1, -0.05) is 0 Å². The smallest absolute Gasteiger partial charge is 0.330 e. The molecule has 1 aromatic carbocycles. The molecule has 0 unspecified atom stereocenters. The highest BCUT2D eigenvalue weighted by Gasteiger charge is 2.35. The van der Waals surface area contributed by atoms with Crippen LogP contribution in [0.15, 0.2) is 18.3 Å². The first-order valence-corrected chi connectivity index (χ1v) is 10.2. The summed E-state index contributed by atoms with van der Waals surface area (Å²) in [6, 6.07) is 3.54. The molecule has 0 atom stereocenters. The maximum absolute atomic E-state index is 13.5. The first-order valence-electron chi connectivity index (χ1n) is 10.2. The fourth-order valence-corrected chi connectivity index (χ4v) is 3.57. The monoisotopic (exact) mass is 426 g/mol. The highest BCUT2D eigenvalue weighted by Crippen LogP contribution is 2.43. The zero-order chi connectivity index (χ0) is 22.1. The summed E-state index contributed by atoms with van der Waals surface area (Å²) in [5.41, 5.74) is 1.72. The van der Waals surface area contributed by atoms with Gasteiger partial charge in [-0.15, -0.1) is 0 Å². The lowest BCUT2D eigenvalue weighted by Gasteiger charge is -2.36. The fraction of sp³-hybridized carbons (Fsp3) is 0.429. The van der Waals surface area contributed by atoms with E-state index in [2.05, 4.69) is 20.6 Å². The summed E-state index contributed by atoms with van der Waals surface area (Å²) in [6.07, 6.45) is 3.96. The Morgan fingerprint density at radius 1 is 1.26 bits per heavy atom. The Kier molecular flexibility index (Phi) is 5.53. The normalized spacial score (nSPS) is 15.4. The summed E-state index contributed by atoms with van der Waals surface area (Å²) >= 11 is 0. The molecule has 3 amide bonds. The van der Waals surface area contributed by atoms with Gasteiger partial charge in [-0.05, 0) is 19.8 Å². The quantitative estimate of drug-likeness (QED) is 0.700. The molecule has 1 fully saturated rings. The number of amides is 3. The van der Waals surface area contributed by atoms with E-state index in [0.717, 1.165) is 18.4 Å². The van der Waals surface area contributed by atoms with E-state index in [1.165, 1.54) is 21.1 Å². The average molecular weight is 426 g/mol. The van der Waals surface area contributed by atoms with Crippen LogP contribution in [-0.4, -0.2) is 48.7 Å². The van der Waals surface area contributed by atoms with Crippen LogP contribution in [0.1, 0.15) is 32.3 Å². The standard InChI is InChI=1S/C21H26N6O4/c1-5-26-19-13(10-22-20(25-19)24-14-6-7-14)11-27(21(26)29)17-9-15(30-3)8-16(18(17)31-4)23-12(2)28/h8-10,14H,5-7,11H2,1-4H3,(H,23,28)(H,22,24,25). The number of benzene rings is 1. The van der Waals surface area contributed by atoms with Gasteiger partial charge in [-0.25, -0.2) is 9.78 Å². The third kappa shape index (κ3) is 4.05. The van der Waals surface area contributed by atoms with Gasteiger partial charge in [-0.3, -0.25) is 14.6 Å². The Hall–Kier alpha value is -3.56. The number of hydrogen-bond acceptors (Lipinski definition) is 7. The van der Waals surface area contributed by atoms with Gasteiger partial charge in [0, 0.05) is 43.4 Å². The molecule has 0 radical (unpaired) electrons. The van der Waals surface area contributed by atoms with Gasteiger partial charge in [0.05, 0.1) is 32.1 Å². The highest BCUT2D eigenvalue weighted by molar-refractivity contribution is 6.07. The number of fused-ring (bicyclic) bond motifs is 1. The molecule has 0 saturated heterocycles. The van der Waals surface area contributed by atoms with Crippen LogP contribution in [0.5, 0.6) is 11.5 Å². The Morgan fingerprint density at radius 2 is 2.03 bits per heavy atom. The lowest BCUT2D eigenvalue weighted by Crippen LogP contribution is -2.48. The van der Waals surface area contributed by atoms with Crippen LogP contribution in [0.2, 0.25) is 0 Å². The van der Waals surface area contributed by atoms with Gasteiger partial charge >= 0.3 is 6.03 Å². The average Bonchev–Trinajstić information content (AvgIpc) is 3.56. The first-order chi connectivity index (χ1) is 14.9. The molecule has 4 rings (SSSR count). The zero-order valence-corrected chi connectivity index (χ0v) is 18.1. The summed E-state index contributed by atoms with van der Waals surface area (Å²) in [7, 11) is 3.02. The largest absolute Gasteiger partial charge is 0.497 e. The predicted octanol–water partition coefficient (Wildman–Crippen LogP) is 2.99. The minimum atomic E-state index is -0.257. The summed E-state index contributed by atoms with van der Waals surface area (Å²) in [5, 5.41) is 6.02. The van der Waals surface area contributed by atoms with Crippen molar-refractivity contribution in [3.8, 4) is 11.5 Å². The van der Waals surface area contributed by atoms with Gasteiger partial charge in [0.2, 0.25) is 11.9 Å². The molecule has 0 spiro atoms. The summed E-state index contributed by atoms with van der Waals surface area (Å²) in [6.45, 7) is 4.00. The summed E-state index contributed by atoms with van der Waals surface area (Å²) < 4.78 is 11.0. The number of aromatic nitrogens is 2. The minimum absolute atomic E-state index is 0.244. The molecule has 2 heterocycles. The second-order valence-electron chi connectivity index (χ2n) is 7.48. The van der Waals surface area contributed by atoms with Crippen molar-refractivity contribution in [1.29, 1.82) is 0 Å². The number of rotatable bonds is 7. The molecular weight excluding hydrogens is 400 g/mol. The van der Waals surface area contributed by atoms with Crippen molar-refractivity contribution in [2.45, 2.75) is 39.3 Å². The van der Waals surface area contributed by atoms with Crippen molar-refractivity contribution in [3.63, 3.8) is 0 Å². The third-order valence-electron chi connectivity index (χ3n) is 5.20. The molecule has 2 N–H and O–H groups in total. The molecule has 2 aromatic rings. The van der Waals surface area contributed by atoms with Crippen LogP contribution in [0, 0.1) is 0 Å². The SMILES string of the molecule is CCN1C(=O)N(c2cc(OC)cc(NC(C)=O)c2OC)Cc2cnc(NC3CC3)nc21. The molecular formula is C21H26N6O4. The minimum Gasteiger partial charge on any atom is -0.497 e. The predicted molar refractivity (Wildman–Crippen MR) is 117 cm³/mol. The van der Waals surface area contributed by atoms with E-state index in [0.29, 0.717) is 47.2 Å². The van der Waals surface area contributed by atoms with Gasteiger partial charge < -0.3 is 20.1 Å². The fourth-order valence-electron chi connectivity index (χ4n) is 3.57. The summed E-state index contributed by atoms with van der Waals surface area (Å²) in [4.78, 5) is 37.4. The molecule has 31 heavy (non-hydrogen) atoms. The number of carbonyl (C=O) groups is 2. The lowest BCUT2D eigenvalue weighted by molar-refractivity contribution is -0.114. The zero-order valence-electron chi connectivity index (χ0n) is 18.1. The van der Waals surface area contributed by atoms with Crippen LogP contribution in [0.4, 0.5) is 27.9 Å². The van der Waals surface area contributed by atoms with Crippen LogP contribution < -0.4 is 29.9 Å². The number of methoxy groups -OCH3 is 2. The highest BCUT2D eigenvalue weighted by atomic mass is 16.5. The third-order valence-corrected chi connectivity index (χ3v) is 5.20. The number of urea groups is 1. The van der Waals surface area contributed by atoms with E-state index in [4.69, 9.17) is 9.47 Å². The molecule has 1 aliphatic heterocycles. The number of nitrogens with zero attached hydrogens (tertiary/aromatic N) is 4. The molecule has 1 aromatic heterocycles. The molecule has 164 valence electrons. The maximum Gasteiger partial charge on any atom is 0.330 e. The lowest BCUT2D eigenvalue weighted by atomic mass is 10.1. The first kappa shape index (κ1) is 20.7. The molecule has 10 nitrogen and oxygen atoms in total. The van der Waals surface area contributed by atoms with Crippen LogP contribution in [0.3, 0.4) is 0 Å². The van der Waals surface area contributed by atoms with Gasteiger partial charge in [0.25, 0.3) is 0 Å². The number of hydrogen-bond donors (Lipinski definition) is 2. The van der Waals surface area contributed by atoms with Crippen LogP contribution >= 0.6 is 0 Å². The van der Waals surface area contributed by atoms with Crippen molar-refractivity contribution in [1.82, 2.24) is 9.97 Å². The van der Waals surface area contributed by atoms with Crippen molar-refractivity contribution in [3.05, 3.63) is 23.9 Å². The van der Waals surface area contributed by atoms with E-state index < -0.39 is 0 Å². The van der Waals surface area contributed by atoms with Gasteiger partial charge in [-0.2, -0.15) is 4.98 Å². The number of nitrogens with one attached hydrogen (secondary N) is 2. The molecule has 1 saturated carbocycles. The Morgan fingerprint density at radius 3 is 2.65 bits per heavy atom. The second kappa shape index (κ2) is 8.29. The Labute approximate surface area is 180 Å². The van der Waals surface area contributed by atoms with Crippen molar-refractivity contribution in [2.75, 3.05) is 41.2 Å². The Balaban J connectivity index is 1.76. The van der Waals surface area contributed by atoms with E-state index >= 15 is 0 Å². The van der Waals surface area contributed by atoms with Crippen LogP contribution in [-0.2, 0) is 11.3 Å². The van der Waals surface area contributed by atoms with Gasteiger partial charge in [0.1, 0.15) is 11.6 Å². The van der Waals surface area contributed by atoms with Crippen LogP contribution in [0.25, 0.3) is 0 Å². The van der Waals surface area contributed by atoms with E-state index in [1.807, 2.05) is 6.92 Å². The number of anilines is 4. The molecule has 10 heteroatoms. The van der Waals surface area contributed by atoms with E-state index in [1.54, 1.807) is 28.1 Å². The molecule has 1 aliphatic carbocycles. The van der Waals surface area contributed by atoms with E-state index in [9.17, 15) is 9.59 Å². The molecule has 0 bridgehead atoms. The topological polar surface area (TPSA) is 109 Å². The Bertz CT molecular complexity index is 1020. The summed E-state index contributed by atoms with van der Waals surface area (Å²) in [5.74, 6) is 1.74. The maximum atomic E-state index is 13.5. The second-order valence-corrected chi connectivity index (χ2v) is 7.48. The van der Waals surface area contributed by atoms with Gasteiger partial charge in [0.15, 0.2) is 5.75 Å². The number of carbonyl (C=O) groups excluding carboxylic acids is 2. The van der Waals surface area contributed by atoms with Crippen molar-refractivity contribution >= 4 is 35.1 Å². The number of ether oxygens (including phenoxy) is 2.